The van der Waals surface area contributed by atoms with Crippen LogP contribution in [-0.2, 0) is 13.1 Å². The maximum atomic E-state index is 4.17. The van der Waals surface area contributed by atoms with Crippen LogP contribution in [0.2, 0.25) is 0 Å². The quantitative estimate of drug-likeness (QED) is 0.773. The van der Waals surface area contributed by atoms with E-state index in [1.807, 2.05) is 12.4 Å². The van der Waals surface area contributed by atoms with Gasteiger partial charge in [-0.3, -0.25) is 4.98 Å². The summed E-state index contributed by atoms with van der Waals surface area (Å²) in [5.41, 5.74) is 2.59. The molecule has 1 aromatic heterocycles. The lowest BCUT2D eigenvalue weighted by Crippen LogP contribution is -2.12. The third-order valence-electron chi connectivity index (χ3n) is 3.33. The van der Waals surface area contributed by atoms with Crippen molar-refractivity contribution in [3.05, 3.63) is 76.5 Å². The van der Waals surface area contributed by atoms with Crippen molar-refractivity contribution < 1.29 is 0 Å². The fraction of sp³-hybridized carbons (Fsp3) is 0.118. The van der Waals surface area contributed by atoms with E-state index < -0.39 is 0 Å². The van der Waals surface area contributed by atoms with Crippen LogP contribution in [0.4, 0.5) is 0 Å². The molecule has 0 fully saturated rings. The minimum Gasteiger partial charge on any atom is -0.309 e. The predicted molar refractivity (Wildman–Crippen MR) is 86.4 cm³/mol. The number of nitrogens with zero attached hydrogens (tertiary/aromatic N) is 1. The number of benzene rings is 2. The molecule has 20 heavy (non-hydrogen) atoms. The van der Waals surface area contributed by atoms with Gasteiger partial charge in [-0.2, -0.15) is 0 Å². The van der Waals surface area contributed by atoms with E-state index in [0.717, 1.165) is 17.6 Å². The largest absolute Gasteiger partial charge is 0.309 e. The Kier molecular flexibility index (Phi) is 4.09. The van der Waals surface area contributed by atoms with E-state index in [0.29, 0.717) is 0 Å². The molecule has 0 unspecified atom stereocenters. The van der Waals surface area contributed by atoms with Crippen LogP contribution in [0.3, 0.4) is 0 Å². The molecule has 3 rings (SSSR count). The monoisotopic (exact) mass is 326 g/mol. The Labute approximate surface area is 127 Å². The van der Waals surface area contributed by atoms with Crippen LogP contribution in [0.15, 0.2) is 65.4 Å². The summed E-state index contributed by atoms with van der Waals surface area (Å²) in [6, 6.07) is 16.8. The normalized spacial score (nSPS) is 10.8. The van der Waals surface area contributed by atoms with Gasteiger partial charge in [0, 0.05) is 35.3 Å². The lowest BCUT2D eigenvalue weighted by atomic mass is 10.1. The van der Waals surface area contributed by atoms with Crippen LogP contribution in [-0.4, -0.2) is 4.98 Å². The van der Waals surface area contributed by atoms with Crippen LogP contribution in [0.5, 0.6) is 0 Å². The average Bonchev–Trinajstić information content (AvgIpc) is 2.49. The molecule has 3 heteroatoms. The molecule has 0 amide bonds. The van der Waals surface area contributed by atoms with Crippen LogP contribution in [0.25, 0.3) is 10.8 Å². The molecule has 2 nitrogen and oxygen atoms in total. The molecule has 3 aromatic rings. The lowest BCUT2D eigenvalue weighted by Gasteiger charge is -2.08. The number of hydrogen-bond acceptors (Lipinski definition) is 2. The first-order valence-electron chi connectivity index (χ1n) is 6.60. The van der Waals surface area contributed by atoms with Gasteiger partial charge in [-0.15, -0.1) is 0 Å². The molecule has 2 aromatic carbocycles. The summed E-state index contributed by atoms with van der Waals surface area (Å²) in [6.07, 6.45) is 3.76. The molecule has 0 saturated carbocycles. The molecule has 0 atom stereocenters. The number of pyridine rings is 1. The topological polar surface area (TPSA) is 24.9 Å². The lowest BCUT2D eigenvalue weighted by molar-refractivity contribution is 0.696. The molecule has 0 aliphatic rings. The first-order valence-corrected chi connectivity index (χ1v) is 7.39. The van der Waals surface area contributed by atoms with Crippen molar-refractivity contribution in [1.29, 1.82) is 0 Å². The van der Waals surface area contributed by atoms with Gasteiger partial charge in [0.2, 0.25) is 0 Å². The first kappa shape index (κ1) is 13.3. The van der Waals surface area contributed by atoms with Crippen molar-refractivity contribution in [2.24, 2.45) is 0 Å². The van der Waals surface area contributed by atoms with Gasteiger partial charge in [0.25, 0.3) is 0 Å². The maximum Gasteiger partial charge on any atom is 0.0346 e. The maximum absolute atomic E-state index is 4.17. The summed E-state index contributed by atoms with van der Waals surface area (Å²) in [4.78, 5) is 4.17. The molecule has 0 bridgehead atoms. The fourth-order valence-corrected chi connectivity index (χ4v) is 2.55. The summed E-state index contributed by atoms with van der Waals surface area (Å²) in [5, 5.41) is 5.95. The van der Waals surface area contributed by atoms with Crippen molar-refractivity contribution in [2.45, 2.75) is 13.1 Å². The van der Waals surface area contributed by atoms with E-state index >= 15 is 0 Å². The number of aromatic nitrogens is 1. The van der Waals surface area contributed by atoms with Crippen molar-refractivity contribution in [3.8, 4) is 0 Å². The van der Waals surface area contributed by atoms with Gasteiger partial charge in [0.15, 0.2) is 0 Å². The minimum atomic E-state index is 0.859. The Morgan fingerprint density at radius 2 is 1.80 bits per heavy atom. The zero-order valence-electron chi connectivity index (χ0n) is 11.0. The van der Waals surface area contributed by atoms with Crippen molar-refractivity contribution in [1.82, 2.24) is 10.3 Å². The molecule has 0 radical (unpaired) electrons. The van der Waals surface area contributed by atoms with E-state index in [-0.39, 0.29) is 0 Å². The van der Waals surface area contributed by atoms with Gasteiger partial charge in [0.1, 0.15) is 0 Å². The molecule has 1 N–H and O–H groups in total. The van der Waals surface area contributed by atoms with Gasteiger partial charge in [-0.25, -0.2) is 0 Å². The highest BCUT2D eigenvalue weighted by Gasteiger charge is 2.00. The third-order valence-corrected chi connectivity index (χ3v) is 3.86. The molecular formula is C17H15BrN2. The fourth-order valence-electron chi connectivity index (χ4n) is 2.29. The van der Waals surface area contributed by atoms with Crippen molar-refractivity contribution in [2.75, 3.05) is 0 Å². The van der Waals surface area contributed by atoms with E-state index in [2.05, 4.69) is 74.8 Å². The first-order chi connectivity index (χ1) is 9.83. The molecular weight excluding hydrogens is 312 g/mol. The Hall–Kier alpha value is -1.71. The second-order valence-corrected chi connectivity index (χ2v) is 5.66. The van der Waals surface area contributed by atoms with Gasteiger partial charge < -0.3 is 5.32 Å². The van der Waals surface area contributed by atoms with E-state index in [1.54, 1.807) is 0 Å². The highest BCUT2D eigenvalue weighted by Crippen LogP contribution is 2.17. The van der Waals surface area contributed by atoms with Gasteiger partial charge in [-0.05, 0) is 34.7 Å². The summed E-state index contributed by atoms with van der Waals surface area (Å²) in [6.45, 7) is 1.73. The van der Waals surface area contributed by atoms with E-state index in [4.69, 9.17) is 0 Å². The average molecular weight is 327 g/mol. The van der Waals surface area contributed by atoms with Crippen LogP contribution in [0.1, 0.15) is 11.1 Å². The van der Waals surface area contributed by atoms with Crippen LogP contribution < -0.4 is 5.32 Å². The molecule has 0 aliphatic carbocycles. The smallest absolute Gasteiger partial charge is 0.0346 e. The number of hydrogen-bond donors (Lipinski definition) is 1. The van der Waals surface area contributed by atoms with Crippen molar-refractivity contribution >= 4 is 26.7 Å². The SMILES string of the molecule is Brc1ccc(CNCc2cccc3cnccc23)cc1. The second-order valence-electron chi connectivity index (χ2n) is 4.74. The summed E-state index contributed by atoms with van der Waals surface area (Å²) in [7, 11) is 0. The minimum absolute atomic E-state index is 0.859. The van der Waals surface area contributed by atoms with Crippen LogP contribution >= 0.6 is 15.9 Å². The Morgan fingerprint density at radius 1 is 0.950 bits per heavy atom. The van der Waals surface area contributed by atoms with Gasteiger partial charge in [-0.1, -0.05) is 46.3 Å². The number of halogens is 1. The summed E-state index contributed by atoms with van der Waals surface area (Å²) in [5.74, 6) is 0. The highest BCUT2D eigenvalue weighted by molar-refractivity contribution is 9.10. The molecule has 1 heterocycles. The van der Waals surface area contributed by atoms with Crippen LogP contribution in [0, 0.1) is 0 Å². The zero-order chi connectivity index (χ0) is 13.8. The van der Waals surface area contributed by atoms with Crippen molar-refractivity contribution in [3.63, 3.8) is 0 Å². The zero-order valence-corrected chi connectivity index (χ0v) is 12.6. The number of fused-ring (bicyclic) bond motifs is 1. The third kappa shape index (κ3) is 3.06. The summed E-state index contributed by atoms with van der Waals surface area (Å²) < 4.78 is 1.11. The van der Waals surface area contributed by atoms with E-state index in [9.17, 15) is 0 Å². The number of nitrogens with one attached hydrogen (secondary N) is 1. The predicted octanol–water partition coefficient (Wildman–Crippen LogP) is 4.29. The summed E-state index contributed by atoms with van der Waals surface area (Å²) >= 11 is 3.45. The number of rotatable bonds is 4. The van der Waals surface area contributed by atoms with E-state index in [1.165, 1.54) is 21.9 Å². The Balaban J connectivity index is 1.69. The standard InChI is InChI=1S/C17H15BrN2/c18-16-6-4-13(5-7-16)10-20-12-15-3-1-2-14-11-19-9-8-17(14)15/h1-9,11,20H,10,12H2. The molecule has 0 aliphatic heterocycles. The molecule has 100 valence electrons. The second kappa shape index (κ2) is 6.16. The highest BCUT2D eigenvalue weighted by atomic mass is 79.9. The molecule has 0 spiro atoms. The van der Waals surface area contributed by atoms with Gasteiger partial charge >= 0.3 is 0 Å². The Morgan fingerprint density at radius 3 is 2.65 bits per heavy atom. The molecule has 0 saturated heterocycles. The van der Waals surface area contributed by atoms with Gasteiger partial charge in [0.05, 0.1) is 0 Å². The Bertz CT molecular complexity index is 702.